The number of aryl methyl sites for hydroxylation is 2. The van der Waals surface area contributed by atoms with E-state index in [1.54, 1.807) is 6.07 Å². The molecule has 0 aliphatic carbocycles. The fraction of sp³-hybridized carbons (Fsp3) is 0.158. The first-order chi connectivity index (χ1) is 12.4. The summed E-state index contributed by atoms with van der Waals surface area (Å²) in [6.45, 7) is 7.25. The summed E-state index contributed by atoms with van der Waals surface area (Å²) in [5.41, 5.74) is 3.28. The number of fused-ring (bicyclic) bond motifs is 1. The molecule has 0 unspecified atom stereocenters. The minimum Gasteiger partial charge on any atom is -0.478 e. The Morgan fingerprint density at radius 1 is 1.35 bits per heavy atom. The number of aromatic amines is 1. The highest BCUT2D eigenvalue weighted by atomic mass is 16.4. The molecule has 0 aliphatic heterocycles. The number of hydrogen-bond acceptors (Lipinski definition) is 4. The molecule has 3 N–H and O–H groups in total. The second kappa shape index (κ2) is 6.79. The molecule has 1 aromatic carbocycles. The van der Waals surface area contributed by atoms with E-state index >= 15 is 0 Å². The first-order valence-corrected chi connectivity index (χ1v) is 8.10. The summed E-state index contributed by atoms with van der Waals surface area (Å²) < 4.78 is 0. The summed E-state index contributed by atoms with van der Waals surface area (Å²) >= 11 is 0. The number of aromatic nitrogens is 3. The highest BCUT2D eigenvalue weighted by Crippen LogP contribution is 2.31. The van der Waals surface area contributed by atoms with Gasteiger partial charge in [-0.2, -0.15) is 0 Å². The number of nitrogens with one attached hydrogen (secondary N) is 2. The van der Waals surface area contributed by atoms with Crippen LogP contribution < -0.4 is 5.32 Å². The van der Waals surface area contributed by atoms with E-state index in [1.807, 2.05) is 26.0 Å². The van der Waals surface area contributed by atoms with Crippen molar-refractivity contribution >= 4 is 28.6 Å². The normalized spacial score (nSPS) is 10.7. The zero-order valence-corrected chi connectivity index (χ0v) is 14.5. The predicted octanol–water partition coefficient (Wildman–Crippen LogP) is 3.32. The number of aromatic carboxylic acids is 1. The van der Waals surface area contributed by atoms with Crippen LogP contribution in [0.1, 0.15) is 28.7 Å². The molecule has 0 radical (unpaired) electrons. The minimum atomic E-state index is -1.06. The second-order valence-electron chi connectivity index (χ2n) is 5.80. The number of benzene rings is 1. The van der Waals surface area contributed by atoms with Gasteiger partial charge in [-0.05, 0) is 24.6 Å². The molecule has 2 heterocycles. The molecule has 0 spiro atoms. The SMILES string of the molecule is C=CC(=O)Nc1cc(-c2nc(CC)nc3[nH]cc(C(=O)O)c23)ccc1C. The van der Waals surface area contributed by atoms with Gasteiger partial charge in [0.05, 0.1) is 16.6 Å². The second-order valence-corrected chi connectivity index (χ2v) is 5.80. The van der Waals surface area contributed by atoms with E-state index < -0.39 is 5.97 Å². The summed E-state index contributed by atoms with van der Waals surface area (Å²) in [7, 11) is 0. The average Bonchev–Trinajstić information content (AvgIpc) is 3.06. The molecule has 2 aromatic heterocycles. The number of carboxylic acid groups (broad SMARTS) is 1. The summed E-state index contributed by atoms with van der Waals surface area (Å²) in [5, 5.41) is 12.7. The number of amides is 1. The maximum absolute atomic E-state index is 11.7. The molecule has 7 nitrogen and oxygen atoms in total. The van der Waals surface area contributed by atoms with E-state index in [-0.39, 0.29) is 11.5 Å². The number of H-pyrrole nitrogens is 1. The van der Waals surface area contributed by atoms with Gasteiger partial charge in [0.1, 0.15) is 11.5 Å². The van der Waals surface area contributed by atoms with Crippen molar-refractivity contribution in [3.05, 3.63) is 54.0 Å². The molecule has 3 rings (SSSR count). The van der Waals surface area contributed by atoms with Gasteiger partial charge < -0.3 is 15.4 Å². The van der Waals surface area contributed by atoms with Gasteiger partial charge in [-0.25, -0.2) is 14.8 Å². The minimum absolute atomic E-state index is 0.106. The van der Waals surface area contributed by atoms with Crippen LogP contribution in [0, 0.1) is 6.92 Å². The molecule has 7 heteroatoms. The monoisotopic (exact) mass is 350 g/mol. The van der Waals surface area contributed by atoms with Gasteiger partial charge in [0.2, 0.25) is 5.91 Å². The van der Waals surface area contributed by atoms with E-state index in [0.29, 0.717) is 40.2 Å². The summed E-state index contributed by atoms with van der Waals surface area (Å²) in [6.07, 6.45) is 3.22. The van der Waals surface area contributed by atoms with Crippen LogP contribution in [0.25, 0.3) is 22.3 Å². The van der Waals surface area contributed by atoms with Gasteiger partial charge in [-0.3, -0.25) is 4.79 Å². The van der Waals surface area contributed by atoms with E-state index in [2.05, 4.69) is 26.8 Å². The van der Waals surface area contributed by atoms with Gasteiger partial charge >= 0.3 is 5.97 Å². The van der Waals surface area contributed by atoms with Crippen molar-refractivity contribution in [1.82, 2.24) is 15.0 Å². The molecule has 0 aliphatic rings. The number of nitrogens with zero attached hydrogens (tertiary/aromatic N) is 2. The van der Waals surface area contributed by atoms with Gasteiger partial charge in [0, 0.05) is 23.9 Å². The predicted molar refractivity (Wildman–Crippen MR) is 99.2 cm³/mol. The number of carboxylic acids is 1. The Balaban J connectivity index is 2.25. The summed E-state index contributed by atoms with van der Waals surface area (Å²) in [4.78, 5) is 35.1. The molecule has 0 bridgehead atoms. The van der Waals surface area contributed by atoms with Crippen molar-refractivity contribution in [1.29, 1.82) is 0 Å². The van der Waals surface area contributed by atoms with Crippen molar-refractivity contribution in [2.75, 3.05) is 5.32 Å². The third kappa shape index (κ3) is 3.06. The Morgan fingerprint density at radius 3 is 2.77 bits per heavy atom. The fourth-order valence-electron chi connectivity index (χ4n) is 2.70. The largest absolute Gasteiger partial charge is 0.478 e. The standard InChI is InChI=1S/C19H18N4O3/c1-4-14-22-17(16-12(19(25)26)9-20-18(16)23-14)11-7-6-10(3)13(8-11)21-15(24)5-2/h5-9H,2,4H2,1,3H3,(H,21,24)(H,25,26)(H,20,22,23). The lowest BCUT2D eigenvalue weighted by Gasteiger charge is -2.11. The molecule has 0 fully saturated rings. The van der Waals surface area contributed by atoms with E-state index in [9.17, 15) is 14.7 Å². The van der Waals surface area contributed by atoms with Crippen molar-refractivity contribution in [2.24, 2.45) is 0 Å². The maximum Gasteiger partial charge on any atom is 0.338 e. The fourth-order valence-corrected chi connectivity index (χ4v) is 2.70. The average molecular weight is 350 g/mol. The van der Waals surface area contributed by atoms with Crippen LogP contribution in [0.5, 0.6) is 0 Å². The Morgan fingerprint density at radius 2 is 2.12 bits per heavy atom. The smallest absolute Gasteiger partial charge is 0.338 e. The van der Waals surface area contributed by atoms with E-state index in [4.69, 9.17) is 0 Å². The van der Waals surface area contributed by atoms with E-state index in [1.165, 1.54) is 12.3 Å². The Labute approximate surface area is 149 Å². The van der Waals surface area contributed by atoms with Crippen LogP contribution in [0.3, 0.4) is 0 Å². The van der Waals surface area contributed by atoms with Crippen LogP contribution in [-0.2, 0) is 11.2 Å². The Bertz CT molecular complexity index is 1040. The summed E-state index contributed by atoms with van der Waals surface area (Å²) in [5.74, 6) is -0.776. The topological polar surface area (TPSA) is 108 Å². The highest BCUT2D eigenvalue weighted by Gasteiger charge is 2.19. The van der Waals surface area contributed by atoms with Gasteiger partial charge in [0.15, 0.2) is 0 Å². The molecule has 0 atom stereocenters. The molecule has 132 valence electrons. The van der Waals surface area contributed by atoms with Crippen LogP contribution in [-0.4, -0.2) is 31.9 Å². The third-order valence-electron chi connectivity index (χ3n) is 4.08. The first kappa shape index (κ1) is 17.3. The van der Waals surface area contributed by atoms with Gasteiger partial charge in [-0.1, -0.05) is 25.6 Å². The van der Waals surface area contributed by atoms with Crippen LogP contribution >= 0.6 is 0 Å². The van der Waals surface area contributed by atoms with Crippen molar-refractivity contribution in [2.45, 2.75) is 20.3 Å². The maximum atomic E-state index is 11.7. The van der Waals surface area contributed by atoms with Crippen LogP contribution in [0.2, 0.25) is 0 Å². The summed E-state index contributed by atoms with van der Waals surface area (Å²) in [6, 6.07) is 5.47. The lowest BCUT2D eigenvalue weighted by Crippen LogP contribution is -2.08. The van der Waals surface area contributed by atoms with Crippen molar-refractivity contribution < 1.29 is 14.7 Å². The van der Waals surface area contributed by atoms with Crippen molar-refractivity contribution in [3.63, 3.8) is 0 Å². The zero-order chi connectivity index (χ0) is 18.8. The number of carbonyl (C=O) groups is 2. The molecule has 0 saturated carbocycles. The Kier molecular flexibility index (Phi) is 4.53. The molecule has 3 aromatic rings. The van der Waals surface area contributed by atoms with Crippen molar-refractivity contribution in [3.8, 4) is 11.3 Å². The number of anilines is 1. The molecule has 1 amide bonds. The molecular formula is C19H18N4O3. The zero-order valence-electron chi connectivity index (χ0n) is 14.5. The van der Waals surface area contributed by atoms with Crippen LogP contribution in [0.15, 0.2) is 37.1 Å². The van der Waals surface area contributed by atoms with Gasteiger partial charge in [0.25, 0.3) is 0 Å². The number of carbonyl (C=O) groups excluding carboxylic acids is 1. The first-order valence-electron chi connectivity index (χ1n) is 8.10. The lowest BCUT2D eigenvalue weighted by atomic mass is 10.0. The molecule has 0 saturated heterocycles. The number of rotatable bonds is 5. The molecular weight excluding hydrogens is 332 g/mol. The van der Waals surface area contributed by atoms with Gasteiger partial charge in [-0.15, -0.1) is 0 Å². The third-order valence-corrected chi connectivity index (χ3v) is 4.08. The quantitative estimate of drug-likeness (QED) is 0.612. The highest BCUT2D eigenvalue weighted by molar-refractivity contribution is 6.08. The lowest BCUT2D eigenvalue weighted by molar-refractivity contribution is -0.111. The van der Waals surface area contributed by atoms with Crippen LogP contribution in [0.4, 0.5) is 5.69 Å². The Hall–Kier alpha value is -3.48. The number of hydrogen-bond donors (Lipinski definition) is 3. The molecule has 26 heavy (non-hydrogen) atoms. The van der Waals surface area contributed by atoms with E-state index in [0.717, 1.165) is 5.56 Å².